The molecule has 9 heteroatoms. The first-order valence-electron chi connectivity index (χ1n) is 9.21. The molecule has 0 saturated heterocycles. The van der Waals surface area contributed by atoms with Gasteiger partial charge in [0, 0.05) is 23.8 Å². The summed E-state index contributed by atoms with van der Waals surface area (Å²) in [6.45, 7) is 6.14. The van der Waals surface area contributed by atoms with Gasteiger partial charge in [-0.15, -0.1) is 0 Å². The molecular formula is C20H26ClN3O4S. The van der Waals surface area contributed by atoms with E-state index in [1.807, 2.05) is 19.1 Å². The fourth-order valence-electron chi connectivity index (χ4n) is 2.74. The number of nitrogens with one attached hydrogen (secondary N) is 2. The summed E-state index contributed by atoms with van der Waals surface area (Å²) in [6.07, 6.45) is 0. The standard InChI is InChI=1S/C20H26ClN3O4S/c1-5-24(6-2)29(26,27)16-9-10-19(28-4)18(12-16)23-20(25)13-22-15-8-7-14(3)17(21)11-15/h7-12,22H,5-6,13H2,1-4H3,(H,23,25). The van der Waals surface area contributed by atoms with Crippen LogP contribution in [0.1, 0.15) is 19.4 Å². The van der Waals surface area contributed by atoms with E-state index >= 15 is 0 Å². The van der Waals surface area contributed by atoms with Crippen LogP contribution in [0.5, 0.6) is 5.75 Å². The molecule has 7 nitrogen and oxygen atoms in total. The topological polar surface area (TPSA) is 87.7 Å². The van der Waals surface area contributed by atoms with Crippen molar-refractivity contribution >= 4 is 38.9 Å². The number of ether oxygens (including phenoxy) is 1. The van der Waals surface area contributed by atoms with E-state index in [1.165, 1.54) is 29.6 Å². The minimum Gasteiger partial charge on any atom is -0.495 e. The number of hydrogen-bond donors (Lipinski definition) is 2. The monoisotopic (exact) mass is 439 g/mol. The predicted molar refractivity (Wildman–Crippen MR) is 116 cm³/mol. The Morgan fingerprint density at radius 2 is 1.83 bits per heavy atom. The Kier molecular flexibility index (Phi) is 7.89. The van der Waals surface area contributed by atoms with Crippen LogP contribution in [0.3, 0.4) is 0 Å². The van der Waals surface area contributed by atoms with E-state index in [4.69, 9.17) is 16.3 Å². The van der Waals surface area contributed by atoms with E-state index in [0.717, 1.165) is 5.56 Å². The van der Waals surface area contributed by atoms with Gasteiger partial charge in [-0.3, -0.25) is 4.79 Å². The van der Waals surface area contributed by atoms with Gasteiger partial charge in [0.15, 0.2) is 0 Å². The molecule has 0 aliphatic rings. The van der Waals surface area contributed by atoms with Crippen LogP contribution in [0.4, 0.5) is 11.4 Å². The molecular weight excluding hydrogens is 414 g/mol. The third kappa shape index (κ3) is 5.62. The largest absolute Gasteiger partial charge is 0.495 e. The maximum Gasteiger partial charge on any atom is 0.243 e. The lowest BCUT2D eigenvalue weighted by Crippen LogP contribution is -2.30. The minimum absolute atomic E-state index is 0.0183. The van der Waals surface area contributed by atoms with Gasteiger partial charge in [0.1, 0.15) is 5.75 Å². The SMILES string of the molecule is CCN(CC)S(=O)(=O)c1ccc(OC)c(NC(=O)CNc2ccc(C)c(Cl)c2)c1. The number of amides is 1. The van der Waals surface area contributed by atoms with Crippen LogP contribution in [-0.4, -0.2) is 45.4 Å². The van der Waals surface area contributed by atoms with Crippen LogP contribution < -0.4 is 15.4 Å². The molecule has 2 aromatic rings. The number of hydrogen-bond acceptors (Lipinski definition) is 5. The van der Waals surface area contributed by atoms with Crippen LogP contribution in [0.2, 0.25) is 5.02 Å². The Labute approximate surface area is 177 Å². The highest BCUT2D eigenvalue weighted by Crippen LogP contribution is 2.29. The molecule has 0 fully saturated rings. The lowest BCUT2D eigenvalue weighted by atomic mass is 10.2. The number of anilines is 2. The number of carbonyl (C=O) groups is 1. The van der Waals surface area contributed by atoms with E-state index in [2.05, 4.69) is 10.6 Å². The first kappa shape index (κ1) is 23.0. The molecule has 0 bridgehead atoms. The third-order valence-electron chi connectivity index (χ3n) is 4.41. The molecule has 0 aliphatic carbocycles. The van der Waals surface area contributed by atoms with Crippen LogP contribution in [0, 0.1) is 6.92 Å². The smallest absolute Gasteiger partial charge is 0.243 e. The van der Waals surface area contributed by atoms with Crippen molar-refractivity contribution in [1.82, 2.24) is 4.31 Å². The van der Waals surface area contributed by atoms with Gasteiger partial charge >= 0.3 is 0 Å². The number of rotatable bonds is 9. The van der Waals surface area contributed by atoms with Crippen molar-refractivity contribution in [3.63, 3.8) is 0 Å². The molecule has 0 aliphatic heterocycles. The Morgan fingerprint density at radius 3 is 2.41 bits per heavy atom. The van der Waals surface area contributed by atoms with Crippen molar-refractivity contribution < 1.29 is 17.9 Å². The van der Waals surface area contributed by atoms with Gasteiger partial charge in [0.05, 0.1) is 24.2 Å². The number of halogens is 1. The molecule has 0 spiro atoms. The number of benzene rings is 2. The minimum atomic E-state index is -3.65. The van der Waals surface area contributed by atoms with Crippen LogP contribution in [-0.2, 0) is 14.8 Å². The fourth-order valence-corrected chi connectivity index (χ4v) is 4.40. The Morgan fingerprint density at radius 1 is 1.14 bits per heavy atom. The summed E-state index contributed by atoms with van der Waals surface area (Å²) >= 11 is 6.09. The Bertz CT molecular complexity index is 976. The van der Waals surface area contributed by atoms with Crippen molar-refractivity contribution in [2.45, 2.75) is 25.7 Å². The summed E-state index contributed by atoms with van der Waals surface area (Å²) < 4.78 is 32.1. The first-order valence-corrected chi connectivity index (χ1v) is 11.0. The molecule has 29 heavy (non-hydrogen) atoms. The van der Waals surface area contributed by atoms with Gasteiger partial charge in [-0.2, -0.15) is 4.31 Å². The molecule has 158 valence electrons. The fraction of sp³-hybridized carbons (Fsp3) is 0.350. The molecule has 2 rings (SSSR count). The van der Waals surface area contributed by atoms with E-state index in [9.17, 15) is 13.2 Å². The summed E-state index contributed by atoms with van der Waals surface area (Å²) in [5.41, 5.74) is 1.94. The Hall–Kier alpha value is -2.29. The molecule has 0 aromatic heterocycles. The average Bonchev–Trinajstić information content (AvgIpc) is 2.69. The molecule has 0 saturated carbocycles. The maximum atomic E-state index is 12.7. The molecule has 2 N–H and O–H groups in total. The van der Waals surface area contributed by atoms with Gasteiger partial charge in [0.2, 0.25) is 15.9 Å². The van der Waals surface area contributed by atoms with Gasteiger partial charge in [0.25, 0.3) is 0 Å². The summed E-state index contributed by atoms with van der Waals surface area (Å²) in [4.78, 5) is 12.5. The van der Waals surface area contributed by atoms with Crippen LogP contribution in [0.25, 0.3) is 0 Å². The number of sulfonamides is 1. The lowest BCUT2D eigenvalue weighted by Gasteiger charge is -2.19. The van der Waals surface area contributed by atoms with Gasteiger partial charge in [-0.25, -0.2) is 8.42 Å². The molecule has 1 amide bonds. The van der Waals surface area contributed by atoms with Gasteiger partial charge in [-0.1, -0.05) is 31.5 Å². The second kappa shape index (κ2) is 9.96. The second-order valence-corrected chi connectivity index (χ2v) is 8.66. The molecule has 0 unspecified atom stereocenters. The summed E-state index contributed by atoms with van der Waals surface area (Å²) in [6, 6.07) is 9.82. The van der Waals surface area contributed by atoms with E-state index < -0.39 is 10.0 Å². The number of methoxy groups -OCH3 is 1. The summed E-state index contributed by atoms with van der Waals surface area (Å²) in [7, 11) is -2.20. The van der Waals surface area contributed by atoms with Crippen LogP contribution in [0.15, 0.2) is 41.3 Å². The van der Waals surface area contributed by atoms with E-state index in [-0.39, 0.29) is 23.0 Å². The first-order chi connectivity index (χ1) is 13.7. The second-order valence-electron chi connectivity index (χ2n) is 6.32. The normalized spacial score (nSPS) is 11.4. The highest BCUT2D eigenvalue weighted by molar-refractivity contribution is 7.89. The Balaban J connectivity index is 2.18. The number of carbonyl (C=O) groups excluding carboxylic acids is 1. The van der Waals surface area contributed by atoms with Crippen molar-refractivity contribution in [2.24, 2.45) is 0 Å². The third-order valence-corrected chi connectivity index (χ3v) is 6.87. The maximum absolute atomic E-state index is 12.7. The highest BCUT2D eigenvalue weighted by Gasteiger charge is 2.23. The lowest BCUT2D eigenvalue weighted by molar-refractivity contribution is -0.114. The molecule has 0 radical (unpaired) electrons. The van der Waals surface area contributed by atoms with E-state index in [0.29, 0.717) is 29.5 Å². The van der Waals surface area contributed by atoms with Gasteiger partial charge < -0.3 is 15.4 Å². The zero-order chi connectivity index (χ0) is 21.6. The van der Waals surface area contributed by atoms with E-state index in [1.54, 1.807) is 19.9 Å². The number of nitrogens with zero attached hydrogens (tertiary/aromatic N) is 1. The molecule has 0 atom stereocenters. The van der Waals surface area contributed by atoms with Crippen molar-refractivity contribution in [1.29, 1.82) is 0 Å². The summed E-state index contributed by atoms with van der Waals surface area (Å²) in [5.74, 6) is 0.0209. The number of aryl methyl sites for hydroxylation is 1. The van der Waals surface area contributed by atoms with Crippen molar-refractivity contribution in [2.75, 3.05) is 37.4 Å². The summed E-state index contributed by atoms with van der Waals surface area (Å²) in [5, 5.41) is 6.29. The van der Waals surface area contributed by atoms with Crippen LogP contribution >= 0.6 is 11.6 Å². The zero-order valence-electron chi connectivity index (χ0n) is 17.0. The molecule has 2 aromatic carbocycles. The average molecular weight is 440 g/mol. The quantitative estimate of drug-likeness (QED) is 0.621. The highest BCUT2D eigenvalue weighted by atomic mass is 35.5. The zero-order valence-corrected chi connectivity index (χ0v) is 18.5. The van der Waals surface area contributed by atoms with Gasteiger partial charge in [-0.05, 0) is 42.8 Å². The predicted octanol–water partition coefficient (Wildman–Crippen LogP) is 3.74. The van der Waals surface area contributed by atoms with Crippen molar-refractivity contribution in [3.05, 3.63) is 47.0 Å². The molecule has 0 heterocycles. The van der Waals surface area contributed by atoms with Crippen molar-refractivity contribution in [3.8, 4) is 5.75 Å².